The lowest BCUT2D eigenvalue weighted by atomic mass is 9.99. The van der Waals surface area contributed by atoms with Crippen LogP contribution in [0.1, 0.15) is 40.1 Å². The maximum atomic E-state index is 12.7. The van der Waals surface area contributed by atoms with Gasteiger partial charge in [-0.3, -0.25) is 4.79 Å². The first kappa shape index (κ1) is 19.4. The molecule has 28 heavy (non-hydrogen) atoms. The number of carbonyl (C=O) groups is 2. The molecule has 0 saturated carbocycles. The highest BCUT2D eigenvalue weighted by molar-refractivity contribution is 6.09. The minimum absolute atomic E-state index is 0.0466. The molecule has 3 rings (SSSR count). The van der Waals surface area contributed by atoms with Crippen molar-refractivity contribution in [3.8, 4) is 5.75 Å². The third-order valence-corrected chi connectivity index (χ3v) is 4.36. The van der Waals surface area contributed by atoms with Crippen LogP contribution in [0.2, 0.25) is 0 Å². The molecule has 0 spiro atoms. The number of ether oxygens (including phenoxy) is 2. The van der Waals surface area contributed by atoms with Crippen molar-refractivity contribution >= 4 is 11.8 Å². The van der Waals surface area contributed by atoms with E-state index in [1.165, 1.54) is 0 Å². The van der Waals surface area contributed by atoms with E-state index in [-0.39, 0.29) is 12.4 Å². The minimum atomic E-state index is -0.862. The fourth-order valence-corrected chi connectivity index (χ4v) is 2.90. The lowest BCUT2D eigenvalue weighted by molar-refractivity contribution is -0.151. The Hall–Kier alpha value is -3.40. The Morgan fingerprint density at radius 1 is 0.857 bits per heavy atom. The number of carbonyl (C=O) groups excluding carboxylic acids is 2. The molecule has 4 heteroatoms. The van der Waals surface area contributed by atoms with E-state index in [0.717, 1.165) is 5.56 Å². The molecule has 0 heterocycles. The largest absolute Gasteiger partial charge is 0.474 e. The molecule has 0 radical (unpaired) electrons. The molecular formula is C24H22O4. The maximum absolute atomic E-state index is 12.7. The van der Waals surface area contributed by atoms with Gasteiger partial charge in [0, 0.05) is 16.7 Å². The lowest BCUT2D eigenvalue weighted by Crippen LogP contribution is -2.21. The van der Waals surface area contributed by atoms with Gasteiger partial charge in [-0.2, -0.15) is 0 Å². The van der Waals surface area contributed by atoms with Gasteiger partial charge in [0.25, 0.3) is 0 Å². The van der Waals surface area contributed by atoms with Crippen molar-refractivity contribution in [1.29, 1.82) is 0 Å². The van der Waals surface area contributed by atoms with Gasteiger partial charge in [-0.25, -0.2) is 4.79 Å². The first-order valence-corrected chi connectivity index (χ1v) is 9.18. The van der Waals surface area contributed by atoms with Crippen LogP contribution < -0.4 is 4.74 Å². The highest BCUT2D eigenvalue weighted by atomic mass is 16.6. The van der Waals surface area contributed by atoms with Gasteiger partial charge < -0.3 is 9.47 Å². The van der Waals surface area contributed by atoms with Gasteiger partial charge in [0.1, 0.15) is 5.75 Å². The highest BCUT2D eigenvalue weighted by Gasteiger charge is 2.24. The predicted molar refractivity (Wildman–Crippen MR) is 107 cm³/mol. The zero-order valence-electron chi connectivity index (χ0n) is 15.9. The van der Waals surface area contributed by atoms with Crippen LogP contribution in [0.5, 0.6) is 5.75 Å². The van der Waals surface area contributed by atoms with E-state index in [4.69, 9.17) is 9.47 Å². The molecule has 3 aromatic carbocycles. The number of ketones is 1. The number of esters is 1. The first-order valence-electron chi connectivity index (χ1n) is 9.18. The summed E-state index contributed by atoms with van der Waals surface area (Å²) in [5.74, 6) is -0.00773. The Kier molecular flexibility index (Phi) is 6.22. The zero-order chi connectivity index (χ0) is 19.9. The van der Waals surface area contributed by atoms with Crippen molar-refractivity contribution in [1.82, 2.24) is 0 Å². The van der Waals surface area contributed by atoms with Gasteiger partial charge in [0.2, 0.25) is 6.10 Å². The summed E-state index contributed by atoms with van der Waals surface area (Å²) in [5.41, 5.74) is 2.87. The molecule has 3 aromatic rings. The number of hydrogen-bond donors (Lipinski definition) is 0. The molecule has 0 aromatic heterocycles. The van der Waals surface area contributed by atoms with Crippen molar-refractivity contribution in [2.75, 3.05) is 6.61 Å². The topological polar surface area (TPSA) is 52.6 Å². The van der Waals surface area contributed by atoms with Crippen LogP contribution >= 0.6 is 0 Å². The second-order valence-corrected chi connectivity index (χ2v) is 6.33. The van der Waals surface area contributed by atoms with Crippen LogP contribution in [0.3, 0.4) is 0 Å². The number of aryl methyl sites for hydroxylation is 1. The normalized spacial score (nSPS) is 11.5. The lowest BCUT2D eigenvalue weighted by Gasteiger charge is -2.18. The molecule has 1 unspecified atom stereocenters. The summed E-state index contributed by atoms with van der Waals surface area (Å²) in [7, 11) is 0. The third-order valence-electron chi connectivity index (χ3n) is 4.36. The van der Waals surface area contributed by atoms with Crippen molar-refractivity contribution in [3.05, 3.63) is 101 Å². The molecule has 0 fully saturated rings. The predicted octanol–water partition coefficient (Wildman–Crippen LogP) is 4.91. The molecule has 0 aliphatic rings. The van der Waals surface area contributed by atoms with Gasteiger partial charge in [0.15, 0.2) is 5.78 Å². The molecule has 0 bridgehead atoms. The van der Waals surface area contributed by atoms with E-state index in [2.05, 4.69) is 0 Å². The first-order chi connectivity index (χ1) is 13.6. The van der Waals surface area contributed by atoms with E-state index in [0.29, 0.717) is 22.4 Å². The maximum Gasteiger partial charge on any atom is 0.352 e. The summed E-state index contributed by atoms with van der Waals surface area (Å²) in [6.45, 7) is 3.94. The molecule has 4 nitrogen and oxygen atoms in total. The smallest absolute Gasteiger partial charge is 0.352 e. The van der Waals surface area contributed by atoms with Crippen LogP contribution in [0.25, 0.3) is 0 Å². The summed E-state index contributed by atoms with van der Waals surface area (Å²) in [4.78, 5) is 25.0. The van der Waals surface area contributed by atoms with Crippen molar-refractivity contribution < 1.29 is 19.1 Å². The van der Waals surface area contributed by atoms with Crippen molar-refractivity contribution in [2.45, 2.75) is 20.0 Å². The number of benzene rings is 3. The molecular weight excluding hydrogens is 352 g/mol. The van der Waals surface area contributed by atoms with Crippen molar-refractivity contribution in [2.24, 2.45) is 0 Å². The second kappa shape index (κ2) is 9.00. The Balaban J connectivity index is 1.81. The van der Waals surface area contributed by atoms with Gasteiger partial charge in [0.05, 0.1) is 6.61 Å². The Bertz CT molecular complexity index is 946. The Labute approximate surface area is 164 Å². The van der Waals surface area contributed by atoms with E-state index in [1.807, 2.05) is 61.5 Å². The molecule has 0 amide bonds. The molecule has 0 N–H and O–H groups in total. The molecule has 0 aliphatic carbocycles. The quantitative estimate of drug-likeness (QED) is 0.436. The fraction of sp³-hybridized carbons (Fsp3) is 0.167. The molecule has 0 saturated heterocycles. The number of hydrogen-bond acceptors (Lipinski definition) is 4. The highest BCUT2D eigenvalue weighted by Crippen LogP contribution is 2.24. The second-order valence-electron chi connectivity index (χ2n) is 6.33. The minimum Gasteiger partial charge on any atom is -0.474 e. The third kappa shape index (κ3) is 4.46. The summed E-state index contributed by atoms with van der Waals surface area (Å²) in [6, 6.07) is 23.5. The fourth-order valence-electron chi connectivity index (χ4n) is 2.90. The van der Waals surface area contributed by atoms with Crippen LogP contribution in [0, 0.1) is 6.92 Å². The Morgan fingerprint density at radius 2 is 1.50 bits per heavy atom. The summed E-state index contributed by atoms with van der Waals surface area (Å²) in [6.07, 6.45) is -0.862. The SMILES string of the molecule is CCOC(=O)C(Oc1ccc(C(=O)c2ccccc2C)cc1)c1ccccc1. The van der Waals surface area contributed by atoms with Crippen LogP contribution in [0.15, 0.2) is 78.9 Å². The molecule has 1 atom stereocenters. The van der Waals surface area contributed by atoms with Gasteiger partial charge in [-0.05, 0) is 43.7 Å². The van der Waals surface area contributed by atoms with Crippen molar-refractivity contribution in [3.63, 3.8) is 0 Å². The number of rotatable bonds is 7. The van der Waals surface area contributed by atoms with Crippen LogP contribution in [-0.4, -0.2) is 18.4 Å². The molecule has 0 aliphatic heterocycles. The Morgan fingerprint density at radius 3 is 2.14 bits per heavy atom. The summed E-state index contributed by atoms with van der Waals surface area (Å²) in [5, 5.41) is 0. The van der Waals surface area contributed by atoms with Gasteiger partial charge >= 0.3 is 5.97 Å². The van der Waals surface area contributed by atoms with Gasteiger partial charge in [-0.15, -0.1) is 0 Å². The van der Waals surface area contributed by atoms with Crippen LogP contribution in [0.4, 0.5) is 0 Å². The average Bonchev–Trinajstić information content (AvgIpc) is 2.73. The summed E-state index contributed by atoms with van der Waals surface area (Å²) < 4.78 is 11.0. The van der Waals surface area contributed by atoms with E-state index in [9.17, 15) is 9.59 Å². The monoisotopic (exact) mass is 374 g/mol. The van der Waals surface area contributed by atoms with E-state index in [1.54, 1.807) is 31.2 Å². The van der Waals surface area contributed by atoms with E-state index >= 15 is 0 Å². The average molecular weight is 374 g/mol. The van der Waals surface area contributed by atoms with Crippen LogP contribution in [-0.2, 0) is 9.53 Å². The summed E-state index contributed by atoms with van der Waals surface area (Å²) >= 11 is 0. The van der Waals surface area contributed by atoms with Gasteiger partial charge in [-0.1, -0.05) is 54.6 Å². The zero-order valence-corrected chi connectivity index (χ0v) is 15.9. The molecule has 142 valence electrons. The standard InChI is InChI=1S/C24H22O4/c1-3-27-24(26)23(19-10-5-4-6-11-19)28-20-15-13-18(14-16-20)22(25)21-12-8-7-9-17(21)2/h4-16,23H,3H2,1-2H3. The van der Waals surface area contributed by atoms with E-state index < -0.39 is 12.1 Å².